The highest BCUT2D eigenvalue weighted by Gasteiger charge is 2.27. The summed E-state index contributed by atoms with van der Waals surface area (Å²) in [5.74, 6) is -1.11. The molecule has 26 heavy (non-hydrogen) atoms. The van der Waals surface area contributed by atoms with Gasteiger partial charge < -0.3 is 19.3 Å². The molecule has 0 atom stereocenters. The van der Waals surface area contributed by atoms with Crippen molar-refractivity contribution in [2.75, 3.05) is 13.7 Å². The predicted molar refractivity (Wildman–Crippen MR) is 90.3 cm³/mol. The predicted octanol–water partition coefficient (Wildman–Crippen LogP) is 2.55. The van der Waals surface area contributed by atoms with E-state index in [4.69, 9.17) is 14.6 Å². The van der Waals surface area contributed by atoms with Crippen LogP contribution in [0.2, 0.25) is 0 Å². The summed E-state index contributed by atoms with van der Waals surface area (Å²) in [5.41, 5.74) is 1.44. The van der Waals surface area contributed by atoms with Crippen LogP contribution in [0.1, 0.15) is 26.3 Å². The molecule has 1 aliphatic heterocycles. The van der Waals surface area contributed by atoms with Crippen molar-refractivity contribution in [1.82, 2.24) is 0 Å². The molecule has 0 radical (unpaired) electrons. The summed E-state index contributed by atoms with van der Waals surface area (Å²) >= 11 is 0. The van der Waals surface area contributed by atoms with Gasteiger partial charge in [-0.1, -0.05) is 12.1 Å². The highest BCUT2D eigenvalue weighted by atomic mass is 16.5. The maximum Gasteiger partial charge on any atom is 0.341 e. The number of fused-ring (bicyclic) bond motifs is 1. The third-order valence-electron chi connectivity index (χ3n) is 3.63. The van der Waals surface area contributed by atoms with E-state index in [1.54, 1.807) is 30.3 Å². The van der Waals surface area contributed by atoms with Gasteiger partial charge >= 0.3 is 11.9 Å². The van der Waals surface area contributed by atoms with Crippen molar-refractivity contribution in [2.24, 2.45) is 0 Å². The molecule has 1 aliphatic rings. The van der Waals surface area contributed by atoms with Crippen molar-refractivity contribution in [2.45, 2.75) is 0 Å². The van der Waals surface area contributed by atoms with Gasteiger partial charge in [-0.15, -0.1) is 0 Å². The molecule has 1 N–H and O–H groups in total. The lowest BCUT2D eigenvalue weighted by molar-refractivity contribution is -0.139. The summed E-state index contributed by atoms with van der Waals surface area (Å²) in [6.07, 6.45) is 1.56. The highest BCUT2D eigenvalue weighted by molar-refractivity contribution is 6.14. The number of hydrogen-bond acceptors (Lipinski definition) is 6. The van der Waals surface area contributed by atoms with Gasteiger partial charge in [0.15, 0.2) is 12.4 Å². The molecule has 1 heterocycles. The fraction of sp³-hybridized carbons (Fsp3) is 0.105. The number of hydrogen-bond donors (Lipinski definition) is 1. The number of ketones is 1. The van der Waals surface area contributed by atoms with Crippen molar-refractivity contribution >= 4 is 23.8 Å². The fourth-order valence-corrected chi connectivity index (χ4v) is 2.39. The van der Waals surface area contributed by atoms with Gasteiger partial charge in [0.2, 0.25) is 5.78 Å². The normalized spacial score (nSPS) is 13.9. The second-order valence-corrected chi connectivity index (χ2v) is 5.39. The fourth-order valence-electron chi connectivity index (χ4n) is 2.39. The maximum atomic E-state index is 12.4. The largest absolute Gasteiger partial charge is 0.482 e. The number of rotatable bonds is 5. The molecule has 0 amide bonds. The Balaban J connectivity index is 1.79. The average Bonchev–Trinajstić information content (AvgIpc) is 2.95. The monoisotopic (exact) mass is 354 g/mol. The summed E-state index contributed by atoms with van der Waals surface area (Å²) in [5, 5.41) is 8.64. The van der Waals surface area contributed by atoms with E-state index in [0.717, 1.165) is 0 Å². The lowest BCUT2D eigenvalue weighted by Crippen LogP contribution is -2.09. The quantitative estimate of drug-likeness (QED) is 0.651. The molecule has 3 rings (SSSR count). The second-order valence-electron chi connectivity index (χ2n) is 5.39. The van der Waals surface area contributed by atoms with Gasteiger partial charge in [-0.05, 0) is 35.9 Å². The smallest absolute Gasteiger partial charge is 0.341 e. The Morgan fingerprint density at radius 3 is 2.54 bits per heavy atom. The van der Waals surface area contributed by atoms with Crippen LogP contribution in [0.4, 0.5) is 0 Å². The van der Waals surface area contributed by atoms with E-state index in [0.29, 0.717) is 28.2 Å². The van der Waals surface area contributed by atoms with Crippen molar-refractivity contribution in [1.29, 1.82) is 0 Å². The molecule has 0 aliphatic carbocycles. The average molecular weight is 354 g/mol. The highest BCUT2D eigenvalue weighted by Crippen LogP contribution is 2.34. The SMILES string of the molecule is COC(=O)c1ccc(C=C2Oc3cc(OCC(=O)O)ccc3C2=O)cc1. The number of Topliss-reactive ketones (excluding diaryl/α,β-unsaturated/α-hetero) is 1. The second kappa shape index (κ2) is 7.10. The van der Waals surface area contributed by atoms with E-state index in [2.05, 4.69) is 4.74 Å². The van der Waals surface area contributed by atoms with Gasteiger partial charge in [0.1, 0.15) is 11.5 Å². The lowest BCUT2D eigenvalue weighted by atomic mass is 10.1. The number of carbonyl (C=O) groups is 3. The molecule has 0 fully saturated rings. The summed E-state index contributed by atoms with van der Waals surface area (Å²) in [4.78, 5) is 34.4. The number of carboxylic acids is 1. The van der Waals surface area contributed by atoms with Crippen LogP contribution in [0.5, 0.6) is 11.5 Å². The van der Waals surface area contributed by atoms with Crippen molar-refractivity contribution in [3.63, 3.8) is 0 Å². The molecule has 7 heteroatoms. The maximum absolute atomic E-state index is 12.4. The van der Waals surface area contributed by atoms with E-state index in [1.165, 1.54) is 25.3 Å². The number of carbonyl (C=O) groups excluding carboxylic acids is 2. The molecule has 0 aromatic heterocycles. The van der Waals surface area contributed by atoms with E-state index < -0.39 is 18.5 Å². The van der Waals surface area contributed by atoms with E-state index in [1.807, 2.05) is 0 Å². The first-order valence-electron chi connectivity index (χ1n) is 7.59. The number of ether oxygens (including phenoxy) is 3. The van der Waals surface area contributed by atoms with Crippen LogP contribution in [-0.4, -0.2) is 36.5 Å². The molecule has 0 spiro atoms. The third-order valence-corrected chi connectivity index (χ3v) is 3.63. The number of methoxy groups -OCH3 is 1. The molecule has 132 valence electrons. The zero-order chi connectivity index (χ0) is 18.7. The Bertz CT molecular complexity index is 910. The van der Waals surface area contributed by atoms with Crippen LogP contribution in [0.25, 0.3) is 6.08 Å². The Morgan fingerprint density at radius 2 is 1.88 bits per heavy atom. The van der Waals surface area contributed by atoms with Crippen molar-refractivity contribution < 1.29 is 33.7 Å². The molecule has 2 aromatic carbocycles. The van der Waals surface area contributed by atoms with Gasteiger partial charge in [0, 0.05) is 6.07 Å². The summed E-state index contributed by atoms with van der Waals surface area (Å²) in [6.45, 7) is -0.484. The standard InChI is InChI=1S/C19H14O7/c1-24-19(23)12-4-2-11(3-5-12)8-16-18(22)14-7-6-13(9-15(14)26-16)25-10-17(20)21/h2-9H,10H2,1H3,(H,20,21). The molecule has 2 aromatic rings. The lowest BCUT2D eigenvalue weighted by Gasteiger charge is -2.04. The van der Waals surface area contributed by atoms with Gasteiger partial charge in [-0.2, -0.15) is 0 Å². The topological polar surface area (TPSA) is 99.1 Å². The van der Waals surface area contributed by atoms with Crippen LogP contribution in [0, 0.1) is 0 Å². The summed E-state index contributed by atoms with van der Waals surface area (Å²) in [6, 6.07) is 11.0. The zero-order valence-electron chi connectivity index (χ0n) is 13.7. The van der Waals surface area contributed by atoms with Crippen LogP contribution in [-0.2, 0) is 9.53 Å². The van der Waals surface area contributed by atoms with Gasteiger partial charge in [-0.3, -0.25) is 4.79 Å². The van der Waals surface area contributed by atoms with Crippen molar-refractivity contribution in [3.05, 3.63) is 64.9 Å². The minimum absolute atomic E-state index is 0.126. The van der Waals surface area contributed by atoms with E-state index in [-0.39, 0.29) is 11.5 Å². The summed E-state index contributed by atoms with van der Waals surface area (Å²) in [7, 11) is 1.30. The summed E-state index contributed by atoms with van der Waals surface area (Å²) < 4.78 is 15.3. The first-order chi connectivity index (χ1) is 12.5. The van der Waals surface area contributed by atoms with Crippen LogP contribution >= 0.6 is 0 Å². The molecule has 0 unspecified atom stereocenters. The first kappa shape index (κ1) is 17.2. The third kappa shape index (κ3) is 3.56. The zero-order valence-corrected chi connectivity index (χ0v) is 13.7. The first-order valence-corrected chi connectivity index (χ1v) is 7.59. The minimum Gasteiger partial charge on any atom is -0.482 e. The van der Waals surface area contributed by atoms with Gasteiger partial charge in [0.25, 0.3) is 0 Å². The number of aliphatic carboxylic acids is 1. The number of benzene rings is 2. The van der Waals surface area contributed by atoms with Crippen LogP contribution in [0.3, 0.4) is 0 Å². The van der Waals surface area contributed by atoms with E-state index in [9.17, 15) is 14.4 Å². The molecule has 7 nitrogen and oxygen atoms in total. The van der Waals surface area contributed by atoms with Crippen LogP contribution < -0.4 is 9.47 Å². The number of carboxylic acid groups (broad SMARTS) is 1. The Labute approximate surface area is 148 Å². The van der Waals surface area contributed by atoms with E-state index >= 15 is 0 Å². The minimum atomic E-state index is -1.10. The van der Waals surface area contributed by atoms with Gasteiger partial charge in [-0.25, -0.2) is 9.59 Å². The van der Waals surface area contributed by atoms with Crippen molar-refractivity contribution in [3.8, 4) is 11.5 Å². The number of esters is 1. The van der Waals surface area contributed by atoms with Crippen LogP contribution in [0.15, 0.2) is 48.2 Å². The molecule has 0 saturated heterocycles. The molecule has 0 bridgehead atoms. The Hall–Kier alpha value is -3.61. The number of allylic oxidation sites excluding steroid dienone is 1. The Kier molecular flexibility index (Phi) is 4.70. The molecular weight excluding hydrogens is 340 g/mol. The molecular formula is C19H14O7. The van der Waals surface area contributed by atoms with Gasteiger partial charge in [0.05, 0.1) is 18.2 Å². The molecule has 0 saturated carbocycles. The Morgan fingerprint density at radius 1 is 1.15 bits per heavy atom.